The molecule has 0 aliphatic heterocycles. The van der Waals surface area contributed by atoms with Gasteiger partial charge in [-0.15, -0.1) is 0 Å². The van der Waals surface area contributed by atoms with Gasteiger partial charge >= 0.3 is 6.09 Å². The highest BCUT2D eigenvalue weighted by molar-refractivity contribution is 5.68. The van der Waals surface area contributed by atoms with Crippen LogP contribution in [-0.2, 0) is 9.47 Å². The van der Waals surface area contributed by atoms with Gasteiger partial charge in [0.15, 0.2) is 0 Å². The molecular formula is C9H19NO4. The summed E-state index contributed by atoms with van der Waals surface area (Å²) in [6, 6.07) is -0.815. The Bertz CT molecular complexity index is 250. The number of amides is 1. The second-order valence-corrected chi connectivity index (χ2v) is 3.84. The van der Waals surface area contributed by atoms with Gasteiger partial charge in [-0.2, -0.15) is 0 Å². The van der Waals surface area contributed by atoms with Gasteiger partial charge in [0.2, 0.25) is 0 Å². The fourth-order valence-electron chi connectivity index (χ4n) is 0.715. The first kappa shape index (κ1) is 8.49. The Balaban J connectivity index is 4.09. The molecule has 0 saturated carbocycles. The number of aliphatic hydroxyl groups is 1. The zero-order valence-electron chi connectivity index (χ0n) is 11.7. The normalized spacial score (nSPS) is 17.6. The van der Waals surface area contributed by atoms with E-state index in [4.69, 9.17) is 14.0 Å². The number of rotatable bonds is 4. The van der Waals surface area contributed by atoms with Gasteiger partial charge in [-0.05, 0) is 20.8 Å². The van der Waals surface area contributed by atoms with Crippen LogP contribution in [0.15, 0.2) is 0 Å². The lowest BCUT2D eigenvalue weighted by Crippen LogP contribution is -2.43. The second-order valence-electron chi connectivity index (χ2n) is 3.84. The van der Waals surface area contributed by atoms with Crippen molar-refractivity contribution in [2.75, 3.05) is 20.3 Å². The van der Waals surface area contributed by atoms with Crippen molar-refractivity contribution < 1.29 is 23.5 Å². The van der Waals surface area contributed by atoms with E-state index in [1.54, 1.807) is 20.8 Å². The van der Waals surface area contributed by atoms with Gasteiger partial charge in [-0.25, -0.2) is 4.79 Å². The highest BCUT2D eigenvalue weighted by Crippen LogP contribution is 2.06. The number of nitrogens with one attached hydrogen (secondary N) is 1. The number of hydrogen-bond donors (Lipinski definition) is 2. The smallest absolute Gasteiger partial charge is 0.408 e. The first-order valence-electron chi connectivity index (χ1n) is 5.78. The Morgan fingerprint density at radius 3 is 2.71 bits per heavy atom. The molecule has 0 aromatic heterocycles. The standard InChI is InChI=1S/C9H19NO4/c1-9(2,3)14-8(12)10-7(5-11)6-13-4/h7,11H,5-6H2,1-4H3,(H,10,12)/t7-/m1/s1/i4D3. The van der Waals surface area contributed by atoms with E-state index in [-0.39, 0.29) is 6.61 Å². The molecule has 0 spiro atoms. The lowest BCUT2D eigenvalue weighted by Gasteiger charge is -2.22. The Morgan fingerprint density at radius 1 is 1.64 bits per heavy atom. The molecule has 1 atom stereocenters. The average Bonchev–Trinajstić information content (AvgIpc) is 2.07. The fourth-order valence-corrected chi connectivity index (χ4v) is 0.715. The molecule has 5 nitrogen and oxygen atoms in total. The molecule has 0 aromatic rings. The summed E-state index contributed by atoms with van der Waals surface area (Å²) < 4.78 is 29.9. The van der Waals surface area contributed by atoms with Crippen molar-refractivity contribution in [3.63, 3.8) is 0 Å². The van der Waals surface area contributed by atoms with Crippen LogP contribution in [0.4, 0.5) is 4.79 Å². The van der Waals surface area contributed by atoms with E-state index in [2.05, 4.69) is 10.1 Å². The summed E-state index contributed by atoms with van der Waals surface area (Å²) in [6.45, 7) is 4.33. The number of hydrogen-bond acceptors (Lipinski definition) is 4. The molecule has 5 heteroatoms. The summed E-state index contributed by atoms with van der Waals surface area (Å²) in [5, 5.41) is 11.2. The number of alkyl carbamates (subject to hydrolysis) is 1. The Hall–Kier alpha value is -0.810. The van der Waals surface area contributed by atoms with Crippen LogP contribution in [0, 0.1) is 0 Å². The van der Waals surface area contributed by atoms with E-state index in [0.717, 1.165) is 0 Å². The molecule has 0 radical (unpaired) electrons. The maximum Gasteiger partial charge on any atom is 0.408 e. The highest BCUT2D eigenvalue weighted by atomic mass is 16.6. The van der Waals surface area contributed by atoms with Crippen molar-refractivity contribution in [2.45, 2.75) is 32.4 Å². The number of methoxy groups -OCH3 is 1. The first-order valence-corrected chi connectivity index (χ1v) is 4.28. The van der Waals surface area contributed by atoms with Gasteiger partial charge in [-0.3, -0.25) is 0 Å². The summed E-state index contributed by atoms with van der Waals surface area (Å²) in [7, 11) is -2.55. The van der Waals surface area contributed by atoms with Gasteiger partial charge in [0, 0.05) is 7.04 Å². The molecule has 0 aliphatic carbocycles. The van der Waals surface area contributed by atoms with Gasteiger partial charge in [0.05, 0.1) is 23.4 Å². The van der Waals surface area contributed by atoms with E-state index >= 15 is 0 Å². The maximum absolute atomic E-state index is 11.3. The van der Waals surface area contributed by atoms with Gasteiger partial charge in [0.1, 0.15) is 5.60 Å². The van der Waals surface area contributed by atoms with Gasteiger partial charge in [0.25, 0.3) is 0 Å². The van der Waals surface area contributed by atoms with Crippen molar-refractivity contribution in [3.8, 4) is 0 Å². The third-order valence-electron chi connectivity index (χ3n) is 1.23. The number of carbonyl (C=O) groups is 1. The summed E-state index contributed by atoms with van der Waals surface area (Å²) in [5.41, 5.74) is -0.658. The molecule has 1 amide bonds. The van der Waals surface area contributed by atoms with Gasteiger partial charge in [-0.1, -0.05) is 0 Å². The van der Waals surface area contributed by atoms with E-state index < -0.39 is 31.4 Å². The molecular weight excluding hydrogens is 186 g/mol. The molecule has 0 bridgehead atoms. The summed E-state index contributed by atoms with van der Waals surface area (Å²) in [6.07, 6.45) is -0.731. The van der Waals surface area contributed by atoms with E-state index in [0.29, 0.717) is 0 Å². The largest absolute Gasteiger partial charge is 0.444 e. The molecule has 14 heavy (non-hydrogen) atoms. The van der Waals surface area contributed by atoms with E-state index in [9.17, 15) is 4.79 Å². The minimum absolute atomic E-state index is 0.313. The number of ether oxygens (including phenoxy) is 2. The summed E-state index contributed by atoms with van der Waals surface area (Å²) >= 11 is 0. The average molecular weight is 208 g/mol. The molecule has 2 N–H and O–H groups in total. The molecule has 84 valence electrons. The van der Waals surface area contributed by atoms with Gasteiger partial charge < -0.3 is 19.9 Å². The Morgan fingerprint density at radius 2 is 2.29 bits per heavy atom. The van der Waals surface area contributed by atoms with Crippen molar-refractivity contribution in [2.24, 2.45) is 0 Å². The predicted molar refractivity (Wildman–Crippen MR) is 52.1 cm³/mol. The van der Waals surface area contributed by atoms with Crippen LogP contribution in [-0.4, -0.2) is 43.1 Å². The topological polar surface area (TPSA) is 67.8 Å². The molecule has 0 fully saturated rings. The van der Waals surface area contributed by atoms with E-state index in [1.165, 1.54) is 0 Å². The van der Waals surface area contributed by atoms with E-state index in [1.807, 2.05) is 0 Å². The molecule has 0 unspecified atom stereocenters. The SMILES string of the molecule is [2H]C([2H])([2H])OC[C@@H](CO)NC(=O)OC(C)(C)C. The van der Waals surface area contributed by atoms with Crippen molar-refractivity contribution >= 4 is 6.09 Å². The molecule has 0 aromatic carbocycles. The minimum atomic E-state index is -2.55. The Labute approximate surface area is 88.6 Å². The quantitative estimate of drug-likeness (QED) is 0.706. The predicted octanol–water partition coefficient (Wildman–Crippen LogP) is 0.518. The highest BCUT2D eigenvalue weighted by Gasteiger charge is 2.18. The molecule has 0 saturated heterocycles. The first-order chi connectivity index (χ1) is 7.53. The molecule has 0 rings (SSSR count). The maximum atomic E-state index is 11.3. The van der Waals surface area contributed by atoms with Crippen molar-refractivity contribution in [1.29, 1.82) is 0 Å². The zero-order valence-corrected chi connectivity index (χ0v) is 8.66. The zero-order chi connectivity index (χ0) is 13.7. The summed E-state index contributed by atoms with van der Waals surface area (Å²) in [4.78, 5) is 11.3. The monoisotopic (exact) mass is 208 g/mol. The fraction of sp³-hybridized carbons (Fsp3) is 0.889. The number of carbonyl (C=O) groups excluding carboxylic acids is 1. The molecule has 0 aliphatic rings. The van der Waals surface area contributed by atoms with Crippen LogP contribution in [0.1, 0.15) is 24.9 Å². The third kappa shape index (κ3) is 6.68. The Kier molecular flexibility index (Phi) is 3.53. The lowest BCUT2D eigenvalue weighted by molar-refractivity contribution is 0.0429. The lowest BCUT2D eigenvalue weighted by atomic mass is 10.2. The van der Waals surface area contributed by atoms with Crippen LogP contribution < -0.4 is 5.32 Å². The second kappa shape index (κ2) is 5.82. The van der Waals surface area contributed by atoms with Crippen LogP contribution in [0.5, 0.6) is 0 Å². The van der Waals surface area contributed by atoms with Crippen LogP contribution in [0.3, 0.4) is 0 Å². The minimum Gasteiger partial charge on any atom is -0.444 e. The van der Waals surface area contributed by atoms with Crippen molar-refractivity contribution in [3.05, 3.63) is 0 Å². The van der Waals surface area contributed by atoms with Crippen molar-refractivity contribution in [1.82, 2.24) is 5.32 Å². The van der Waals surface area contributed by atoms with Crippen LogP contribution in [0.2, 0.25) is 0 Å². The third-order valence-corrected chi connectivity index (χ3v) is 1.23. The molecule has 0 heterocycles. The summed E-state index contributed by atoms with van der Waals surface area (Å²) in [5.74, 6) is 0. The van der Waals surface area contributed by atoms with Crippen LogP contribution >= 0.6 is 0 Å². The number of aliphatic hydroxyl groups excluding tert-OH is 1. The van der Waals surface area contributed by atoms with Crippen LogP contribution in [0.25, 0.3) is 0 Å².